The first kappa shape index (κ1) is 21.8. The first-order valence-electron chi connectivity index (χ1n) is 10.1. The van der Waals surface area contributed by atoms with Crippen LogP contribution < -0.4 is 20.5 Å². The Bertz CT molecular complexity index is 1190. The van der Waals surface area contributed by atoms with Gasteiger partial charge in [0.1, 0.15) is 12.6 Å². The van der Waals surface area contributed by atoms with E-state index in [0.29, 0.717) is 46.4 Å². The summed E-state index contributed by atoms with van der Waals surface area (Å²) in [7, 11) is 0. The van der Waals surface area contributed by atoms with Crippen LogP contribution in [0.5, 0.6) is 11.5 Å². The number of ether oxygens (including phenoxy) is 2. The number of hydrogen-bond acceptors (Lipinski definition) is 7. The van der Waals surface area contributed by atoms with Crippen molar-refractivity contribution in [2.24, 2.45) is 5.73 Å². The minimum absolute atomic E-state index is 0.368. The van der Waals surface area contributed by atoms with Crippen LogP contribution in [-0.4, -0.2) is 32.7 Å². The molecule has 0 saturated heterocycles. The summed E-state index contributed by atoms with van der Waals surface area (Å²) in [4.78, 5) is 12.3. The highest BCUT2D eigenvalue weighted by molar-refractivity contribution is 9.10. The Morgan fingerprint density at radius 3 is 2.66 bits per heavy atom. The maximum atomic E-state index is 12.3. The van der Waals surface area contributed by atoms with Crippen molar-refractivity contribution in [2.45, 2.75) is 33.4 Å². The minimum Gasteiger partial charge on any atom is -0.490 e. The largest absolute Gasteiger partial charge is 0.490 e. The van der Waals surface area contributed by atoms with Crippen LogP contribution in [0.3, 0.4) is 0 Å². The van der Waals surface area contributed by atoms with E-state index in [9.17, 15) is 4.79 Å². The summed E-state index contributed by atoms with van der Waals surface area (Å²) in [5.74, 6) is 0.975. The topological polar surface area (TPSA) is 117 Å². The molecule has 32 heavy (non-hydrogen) atoms. The van der Waals surface area contributed by atoms with Crippen molar-refractivity contribution in [3.63, 3.8) is 0 Å². The van der Waals surface area contributed by atoms with Gasteiger partial charge in [0.2, 0.25) is 11.9 Å². The second-order valence-corrected chi connectivity index (χ2v) is 8.27. The average molecular weight is 499 g/mol. The normalized spacial score (nSPS) is 15.2. The van der Waals surface area contributed by atoms with E-state index < -0.39 is 11.9 Å². The van der Waals surface area contributed by atoms with E-state index in [1.54, 1.807) is 6.92 Å². The third-order valence-electron chi connectivity index (χ3n) is 5.13. The van der Waals surface area contributed by atoms with Crippen LogP contribution in [0.2, 0.25) is 0 Å². The van der Waals surface area contributed by atoms with Gasteiger partial charge in [0.25, 0.3) is 0 Å². The van der Waals surface area contributed by atoms with Crippen molar-refractivity contribution in [3.8, 4) is 11.5 Å². The van der Waals surface area contributed by atoms with Crippen LogP contribution >= 0.6 is 15.9 Å². The summed E-state index contributed by atoms with van der Waals surface area (Å²) in [5.41, 5.74) is 9.63. The van der Waals surface area contributed by atoms with E-state index >= 15 is 0 Å². The summed E-state index contributed by atoms with van der Waals surface area (Å²) < 4.78 is 14.2. The number of nitrogens with zero attached hydrogens (tertiary/aromatic N) is 4. The van der Waals surface area contributed by atoms with Crippen LogP contribution in [0.25, 0.3) is 0 Å². The van der Waals surface area contributed by atoms with Gasteiger partial charge in [0.15, 0.2) is 11.5 Å². The maximum absolute atomic E-state index is 12.3. The number of allylic oxidation sites excluding steroid dienone is 1. The Balaban J connectivity index is 1.74. The lowest BCUT2D eigenvalue weighted by Crippen LogP contribution is -2.32. The second-order valence-electron chi connectivity index (χ2n) is 7.41. The van der Waals surface area contributed by atoms with Gasteiger partial charge < -0.3 is 20.5 Å². The molecule has 0 bridgehead atoms. The highest BCUT2D eigenvalue weighted by atomic mass is 79.9. The number of tetrazole rings is 1. The first-order chi connectivity index (χ1) is 15.4. The zero-order valence-corrected chi connectivity index (χ0v) is 19.5. The summed E-state index contributed by atoms with van der Waals surface area (Å²) in [6.45, 7) is 6.53. The molecule has 2 heterocycles. The molecular formula is C22H23BrN6O3. The lowest BCUT2D eigenvalue weighted by atomic mass is 9.95. The minimum atomic E-state index is -0.611. The van der Waals surface area contributed by atoms with Crippen molar-refractivity contribution in [3.05, 3.63) is 68.8 Å². The molecule has 0 spiro atoms. The van der Waals surface area contributed by atoms with Gasteiger partial charge in [-0.2, -0.15) is 4.68 Å². The molecule has 3 N–H and O–H groups in total. The molecule has 1 aromatic heterocycles. The molecule has 2 aromatic carbocycles. The van der Waals surface area contributed by atoms with Crippen molar-refractivity contribution >= 4 is 27.8 Å². The lowest BCUT2D eigenvalue weighted by molar-refractivity contribution is -0.115. The number of carbonyl (C=O) groups excluding carboxylic acids is 1. The number of nitrogens with two attached hydrogens (primary N) is 1. The molecule has 0 fully saturated rings. The number of benzene rings is 2. The van der Waals surface area contributed by atoms with Gasteiger partial charge >= 0.3 is 0 Å². The van der Waals surface area contributed by atoms with Gasteiger partial charge in [-0.15, -0.1) is 0 Å². The van der Waals surface area contributed by atoms with Crippen molar-refractivity contribution in [2.75, 3.05) is 11.9 Å². The van der Waals surface area contributed by atoms with Gasteiger partial charge in [0.05, 0.1) is 16.7 Å². The van der Waals surface area contributed by atoms with E-state index in [2.05, 4.69) is 36.8 Å². The number of aryl methyl sites for hydroxylation is 1. The monoisotopic (exact) mass is 498 g/mol. The average Bonchev–Trinajstić information content (AvgIpc) is 3.21. The Labute approximate surface area is 193 Å². The van der Waals surface area contributed by atoms with Crippen molar-refractivity contribution < 1.29 is 14.3 Å². The number of amides is 1. The summed E-state index contributed by atoms with van der Waals surface area (Å²) in [6, 6.07) is 11.2. The predicted molar refractivity (Wildman–Crippen MR) is 122 cm³/mol. The third-order valence-corrected chi connectivity index (χ3v) is 5.72. The van der Waals surface area contributed by atoms with Gasteiger partial charge in [0, 0.05) is 5.70 Å². The van der Waals surface area contributed by atoms with E-state index in [0.717, 1.165) is 11.1 Å². The molecular weight excluding hydrogens is 476 g/mol. The SMILES string of the molecule is CCOc1cc(C2C(C(N)=O)=C(C)Nc3nnnn32)cc(Br)c1OCc1ccc(C)cc1. The number of carbonyl (C=O) groups is 1. The van der Waals surface area contributed by atoms with E-state index in [-0.39, 0.29) is 0 Å². The molecule has 3 aromatic rings. The van der Waals surface area contributed by atoms with Gasteiger partial charge in [-0.25, -0.2) is 0 Å². The van der Waals surface area contributed by atoms with Gasteiger partial charge in [-0.1, -0.05) is 34.9 Å². The van der Waals surface area contributed by atoms with Crippen LogP contribution in [-0.2, 0) is 11.4 Å². The number of aromatic nitrogens is 4. The zero-order valence-electron chi connectivity index (χ0n) is 17.9. The quantitative estimate of drug-likeness (QED) is 0.511. The van der Waals surface area contributed by atoms with Crippen LogP contribution in [0.4, 0.5) is 5.95 Å². The summed E-state index contributed by atoms with van der Waals surface area (Å²) in [6.07, 6.45) is 0. The second kappa shape index (κ2) is 8.99. The molecule has 4 rings (SSSR count). The standard InChI is InChI=1S/C22H23BrN6O3/c1-4-31-17-10-15(9-16(23)20(17)32-11-14-7-5-12(2)6-8-14)19-18(21(24)30)13(3)25-22-26-27-28-29(19)22/h5-10,19H,4,11H2,1-3H3,(H2,24,30)(H,25,26,28). The van der Waals surface area contributed by atoms with E-state index in [1.807, 2.05) is 50.2 Å². The number of hydrogen-bond donors (Lipinski definition) is 2. The number of fused-ring (bicyclic) bond motifs is 1. The van der Waals surface area contributed by atoms with Crippen LogP contribution in [0, 0.1) is 6.92 Å². The number of rotatable bonds is 7. The molecule has 9 nitrogen and oxygen atoms in total. The summed E-state index contributed by atoms with van der Waals surface area (Å²) in [5, 5.41) is 14.8. The molecule has 10 heteroatoms. The predicted octanol–water partition coefficient (Wildman–Crippen LogP) is 3.50. The Morgan fingerprint density at radius 2 is 1.97 bits per heavy atom. The number of nitrogens with one attached hydrogen (secondary N) is 1. The molecule has 1 unspecified atom stereocenters. The van der Waals surface area contributed by atoms with Gasteiger partial charge in [-0.05, 0) is 70.4 Å². The van der Waals surface area contributed by atoms with Gasteiger partial charge in [-0.3, -0.25) is 4.79 Å². The molecule has 0 radical (unpaired) electrons. The Morgan fingerprint density at radius 1 is 1.22 bits per heavy atom. The molecule has 0 saturated carbocycles. The van der Waals surface area contributed by atoms with E-state index in [1.165, 1.54) is 10.2 Å². The van der Waals surface area contributed by atoms with E-state index in [4.69, 9.17) is 15.2 Å². The molecule has 1 aliphatic heterocycles. The number of anilines is 1. The van der Waals surface area contributed by atoms with Crippen LogP contribution in [0.1, 0.15) is 36.6 Å². The third kappa shape index (κ3) is 4.18. The maximum Gasteiger partial charge on any atom is 0.248 e. The molecule has 1 atom stereocenters. The fourth-order valence-electron chi connectivity index (χ4n) is 3.63. The highest BCUT2D eigenvalue weighted by Gasteiger charge is 2.34. The first-order valence-corrected chi connectivity index (χ1v) is 10.9. The summed E-state index contributed by atoms with van der Waals surface area (Å²) >= 11 is 3.61. The zero-order chi connectivity index (χ0) is 22.8. The molecule has 166 valence electrons. The fraction of sp³-hybridized carbons (Fsp3) is 0.273. The number of primary amides is 1. The Hall–Kier alpha value is -3.40. The fourth-order valence-corrected chi connectivity index (χ4v) is 4.20. The lowest BCUT2D eigenvalue weighted by Gasteiger charge is -2.27. The smallest absolute Gasteiger partial charge is 0.248 e. The molecule has 1 aliphatic rings. The molecule has 1 amide bonds. The molecule has 0 aliphatic carbocycles. The van der Waals surface area contributed by atoms with Crippen molar-refractivity contribution in [1.82, 2.24) is 20.2 Å². The van der Waals surface area contributed by atoms with Crippen molar-refractivity contribution in [1.29, 1.82) is 0 Å². The Kier molecular flexibility index (Phi) is 6.13. The van der Waals surface area contributed by atoms with Crippen LogP contribution in [0.15, 0.2) is 52.1 Å². The number of halogens is 1. The highest BCUT2D eigenvalue weighted by Crippen LogP contribution is 2.42.